The molecular formula is C17H21Cl. The number of halogens is 1. The molecule has 0 amide bonds. The summed E-state index contributed by atoms with van der Waals surface area (Å²) in [4.78, 5) is 0. The van der Waals surface area contributed by atoms with Crippen molar-refractivity contribution in [1.29, 1.82) is 0 Å². The van der Waals surface area contributed by atoms with Crippen LogP contribution in [0.2, 0.25) is 5.02 Å². The summed E-state index contributed by atoms with van der Waals surface area (Å²) >= 11 is 5.86. The Morgan fingerprint density at radius 1 is 1.28 bits per heavy atom. The van der Waals surface area contributed by atoms with Crippen molar-refractivity contribution >= 4 is 17.7 Å². The quantitative estimate of drug-likeness (QED) is 0.319. The molecule has 0 atom stereocenters. The van der Waals surface area contributed by atoms with Gasteiger partial charge in [-0.05, 0) is 48.6 Å². The summed E-state index contributed by atoms with van der Waals surface area (Å²) in [5.74, 6) is 0. The maximum absolute atomic E-state index is 5.86. The lowest BCUT2D eigenvalue weighted by Gasteiger charge is -2.00. The predicted molar refractivity (Wildman–Crippen MR) is 81.9 cm³/mol. The minimum Gasteiger partial charge on any atom is -0.121 e. The van der Waals surface area contributed by atoms with Crippen LogP contribution in [0.5, 0.6) is 0 Å². The number of benzene rings is 1. The van der Waals surface area contributed by atoms with E-state index in [1.165, 1.54) is 24.8 Å². The van der Waals surface area contributed by atoms with E-state index in [1.54, 1.807) is 0 Å². The zero-order valence-corrected chi connectivity index (χ0v) is 11.8. The lowest BCUT2D eigenvalue weighted by Crippen LogP contribution is -1.81. The minimum absolute atomic E-state index is 0.769. The second kappa shape index (κ2) is 8.80. The van der Waals surface area contributed by atoms with Crippen molar-refractivity contribution in [2.45, 2.75) is 39.0 Å². The zero-order chi connectivity index (χ0) is 13.2. The third kappa shape index (κ3) is 5.91. The smallest absolute Gasteiger partial charge is 0.0406 e. The van der Waals surface area contributed by atoms with Crippen LogP contribution in [0.25, 0.3) is 6.08 Å². The van der Waals surface area contributed by atoms with Crippen LogP contribution in [0, 0.1) is 0 Å². The van der Waals surface area contributed by atoms with Crippen LogP contribution < -0.4 is 0 Å². The molecule has 0 aromatic heterocycles. The number of hydrogen-bond donors (Lipinski definition) is 0. The molecule has 0 aliphatic carbocycles. The van der Waals surface area contributed by atoms with E-state index < -0.39 is 0 Å². The monoisotopic (exact) mass is 260 g/mol. The van der Waals surface area contributed by atoms with E-state index in [0.29, 0.717) is 0 Å². The Hall–Kier alpha value is -1.23. The van der Waals surface area contributed by atoms with Gasteiger partial charge in [0, 0.05) is 5.02 Å². The molecule has 0 aliphatic rings. The highest BCUT2D eigenvalue weighted by Gasteiger charge is 1.94. The minimum atomic E-state index is 0.769. The number of rotatable bonds is 7. The average molecular weight is 261 g/mol. The van der Waals surface area contributed by atoms with Gasteiger partial charge in [0.15, 0.2) is 0 Å². The van der Waals surface area contributed by atoms with Crippen LogP contribution in [0.3, 0.4) is 0 Å². The molecule has 96 valence electrons. The summed E-state index contributed by atoms with van der Waals surface area (Å²) in [7, 11) is 0. The van der Waals surface area contributed by atoms with Crippen LogP contribution in [-0.4, -0.2) is 0 Å². The summed E-state index contributed by atoms with van der Waals surface area (Å²) in [6, 6.07) is 7.82. The first-order valence-corrected chi connectivity index (χ1v) is 6.95. The number of unbranched alkanes of at least 4 members (excludes halogenated alkanes) is 2. The fourth-order valence-electron chi connectivity index (χ4n) is 1.74. The van der Waals surface area contributed by atoms with Gasteiger partial charge in [-0.2, -0.15) is 0 Å². The van der Waals surface area contributed by atoms with Crippen molar-refractivity contribution < 1.29 is 0 Å². The lowest BCUT2D eigenvalue weighted by atomic mass is 10.0. The summed E-state index contributed by atoms with van der Waals surface area (Å²) in [6.07, 6.45) is 9.79. The first kappa shape index (κ1) is 14.8. The van der Waals surface area contributed by atoms with E-state index >= 15 is 0 Å². The SMILES string of the molecule is C=CCC(=C=Cc1ccc(Cl)cc1)CCCCC. The second-order valence-electron chi connectivity index (χ2n) is 4.39. The van der Waals surface area contributed by atoms with Crippen LogP contribution in [-0.2, 0) is 0 Å². The molecule has 0 bridgehead atoms. The molecule has 0 unspecified atom stereocenters. The molecule has 0 N–H and O–H groups in total. The Balaban J connectivity index is 2.72. The maximum atomic E-state index is 5.86. The molecule has 0 aliphatic heterocycles. The van der Waals surface area contributed by atoms with Gasteiger partial charge >= 0.3 is 0 Å². The zero-order valence-electron chi connectivity index (χ0n) is 11.1. The molecule has 0 fully saturated rings. The summed E-state index contributed by atoms with van der Waals surface area (Å²) in [5.41, 5.74) is 5.86. The van der Waals surface area contributed by atoms with Crippen molar-refractivity contribution in [2.24, 2.45) is 0 Å². The van der Waals surface area contributed by atoms with Crippen LogP contribution in [0.4, 0.5) is 0 Å². The van der Waals surface area contributed by atoms with Crippen LogP contribution >= 0.6 is 11.6 Å². The van der Waals surface area contributed by atoms with Crippen LogP contribution in [0.1, 0.15) is 44.6 Å². The fraction of sp³-hybridized carbons (Fsp3) is 0.353. The van der Waals surface area contributed by atoms with Gasteiger partial charge in [0.1, 0.15) is 0 Å². The Kier molecular flexibility index (Phi) is 7.25. The highest BCUT2D eigenvalue weighted by atomic mass is 35.5. The first-order valence-electron chi connectivity index (χ1n) is 6.57. The Bertz CT molecular complexity index is 419. The van der Waals surface area contributed by atoms with Gasteiger partial charge in [-0.1, -0.05) is 49.6 Å². The molecule has 0 saturated carbocycles. The van der Waals surface area contributed by atoms with Crippen molar-refractivity contribution in [2.75, 3.05) is 0 Å². The maximum Gasteiger partial charge on any atom is 0.0406 e. The highest BCUT2D eigenvalue weighted by Crippen LogP contribution is 2.14. The number of hydrogen-bond acceptors (Lipinski definition) is 0. The topological polar surface area (TPSA) is 0 Å². The molecule has 0 saturated heterocycles. The van der Waals surface area contributed by atoms with Gasteiger partial charge < -0.3 is 0 Å². The molecule has 1 aromatic rings. The van der Waals surface area contributed by atoms with E-state index in [0.717, 1.165) is 23.4 Å². The molecule has 18 heavy (non-hydrogen) atoms. The molecule has 1 heteroatoms. The fourth-order valence-corrected chi connectivity index (χ4v) is 1.87. The predicted octanol–water partition coefficient (Wildman–Crippen LogP) is 6.03. The van der Waals surface area contributed by atoms with E-state index in [-0.39, 0.29) is 0 Å². The van der Waals surface area contributed by atoms with Gasteiger partial charge in [-0.15, -0.1) is 12.3 Å². The molecule has 0 radical (unpaired) electrons. The third-order valence-electron chi connectivity index (χ3n) is 2.79. The van der Waals surface area contributed by atoms with Gasteiger partial charge in [-0.3, -0.25) is 0 Å². The van der Waals surface area contributed by atoms with E-state index in [9.17, 15) is 0 Å². The standard InChI is InChI=1S/C17H21Cl/c1-3-5-6-8-15(7-4-2)9-10-16-11-13-17(18)14-12-16/h4,10-14H,2-3,5-8H2,1H3. The van der Waals surface area contributed by atoms with Crippen molar-refractivity contribution in [3.05, 3.63) is 58.8 Å². The van der Waals surface area contributed by atoms with Crippen molar-refractivity contribution in [3.63, 3.8) is 0 Å². The van der Waals surface area contributed by atoms with E-state index in [4.69, 9.17) is 11.6 Å². The average Bonchev–Trinajstić information content (AvgIpc) is 2.38. The molecule has 0 spiro atoms. The highest BCUT2D eigenvalue weighted by molar-refractivity contribution is 6.30. The Labute approximate surface area is 116 Å². The third-order valence-corrected chi connectivity index (χ3v) is 3.04. The van der Waals surface area contributed by atoms with Gasteiger partial charge in [0.05, 0.1) is 0 Å². The van der Waals surface area contributed by atoms with E-state index in [1.807, 2.05) is 36.4 Å². The van der Waals surface area contributed by atoms with Crippen LogP contribution in [0.15, 0.2) is 48.2 Å². The lowest BCUT2D eigenvalue weighted by molar-refractivity contribution is 0.708. The molecule has 1 aromatic carbocycles. The first-order chi connectivity index (χ1) is 8.76. The summed E-state index contributed by atoms with van der Waals surface area (Å²) in [5, 5.41) is 0.769. The Morgan fingerprint density at radius 3 is 2.61 bits per heavy atom. The molecular weight excluding hydrogens is 240 g/mol. The van der Waals surface area contributed by atoms with Crippen molar-refractivity contribution in [1.82, 2.24) is 0 Å². The van der Waals surface area contributed by atoms with Gasteiger partial charge in [0.2, 0.25) is 0 Å². The normalized spacial score (nSPS) is 9.67. The summed E-state index contributed by atoms with van der Waals surface area (Å²) in [6.45, 7) is 6.03. The molecule has 0 heterocycles. The molecule has 0 nitrogen and oxygen atoms in total. The Morgan fingerprint density at radius 2 is 2.00 bits per heavy atom. The molecule has 1 rings (SSSR count). The largest absolute Gasteiger partial charge is 0.121 e. The number of allylic oxidation sites excluding steroid dienone is 2. The second-order valence-corrected chi connectivity index (χ2v) is 4.83. The van der Waals surface area contributed by atoms with Crippen molar-refractivity contribution in [3.8, 4) is 0 Å². The van der Waals surface area contributed by atoms with Gasteiger partial charge in [0.25, 0.3) is 0 Å². The van der Waals surface area contributed by atoms with Gasteiger partial charge in [-0.25, -0.2) is 0 Å². The van der Waals surface area contributed by atoms with E-state index in [2.05, 4.69) is 19.2 Å². The summed E-state index contributed by atoms with van der Waals surface area (Å²) < 4.78 is 0.